The van der Waals surface area contributed by atoms with E-state index in [-0.39, 0.29) is 17.7 Å². The van der Waals surface area contributed by atoms with E-state index in [1.54, 1.807) is 17.4 Å². The number of aryl methyl sites for hydroxylation is 2. The molecule has 0 radical (unpaired) electrons. The van der Waals surface area contributed by atoms with Gasteiger partial charge in [-0.05, 0) is 73.9 Å². The monoisotopic (exact) mass is 513 g/mol. The Balaban J connectivity index is 1.79. The van der Waals surface area contributed by atoms with Gasteiger partial charge in [-0.15, -0.1) is 11.3 Å². The number of hydrogen-bond donors (Lipinski definition) is 4. The second-order valence-electron chi connectivity index (χ2n) is 8.27. The molecular formula is C24H36BrNO4S. The molecule has 174 valence electrons. The highest BCUT2D eigenvalue weighted by molar-refractivity contribution is 9.10. The number of amides is 1. The topological polar surface area (TPSA) is 89.8 Å². The quantitative estimate of drug-likeness (QED) is 0.248. The van der Waals surface area contributed by atoms with Gasteiger partial charge in [-0.2, -0.15) is 0 Å². The van der Waals surface area contributed by atoms with Crippen LogP contribution in [0.1, 0.15) is 55.2 Å². The summed E-state index contributed by atoms with van der Waals surface area (Å²) in [7, 11) is 0. The number of aliphatic hydroxyl groups is 3. The summed E-state index contributed by atoms with van der Waals surface area (Å²) in [5.41, 5.74) is 0. The maximum atomic E-state index is 11.5. The molecule has 1 aliphatic carbocycles. The maximum Gasteiger partial charge on any atom is 0.219 e. The third-order valence-corrected chi connectivity index (χ3v) is 7.99. The Morgan fingerprint density at radius 2 is 2.13 bits per heavy atom. The van der Waals surface area contributed by atoms with Crippen molar-refractivity contribution < 1.29 is 20.1 Å². The highest BCUT2D eigenvalue weighted by Gasteiger charge is 2.39. The summed E-state index contributed by atoms with van der Waals surface area (Å²) < 4.78 is 1.11. The molecule has 5 nitrogen and oxygen atoms in total. The molecule has 31 heavy (non-hydrogen) atoms. The van der Waals surface area contributed by atoms with Crippen molar-refractivity contribution >= 4 is 33.2 Å². The van der Waals surface area contributed by atoms with E-state index in [4.69, 9.17) is 0 Å². The third-order valence-electron chi connectivity index (χ3n) is 5.79. The highest BCUT2D eigenvalue weighted by atomic mass is 79.9. The molecule has 1 fully saturated rings. The summed E-state index contributed by atoms with van der Waals surface area (Å²) in [5, 5.41) is 33.9. The van der Waals surface area contributed by atoms with E-state index in [0.29, 0.717) is 32.2 Å². The van der Waals surface area contributed by atoms with Crippen molar-refractivity contribution in [3.8, 4) is 0 Å². The van der Waals surface area contributed by atoms with E-state index in [1.165, 1.54) is 9.75 Å². The second kappa shape index (κ2) is 13.5. The number of rotatable bonds is 12. The lowest BCUT2D eigenvalue weighted by Crippen LogP contribution is -2.21. The van der Waals surface area contributed by atoms with Crippen LogP contribution in [-0.4, -0.2) is 46.1 Å². The molecule has 5 atom stereocenters. The van der Waals surface area contributed by atoms with Gasteiger partial charge in [0.15, 0.2) is 0 Å². The second-order valence-corrected chi connectivity index (χ2v) is 10.5. The molecule has 0 saturated heterocycles. The molecule has 1 saturated carbocycles. The number of halogens is 1. The van der Waals surface area contributed by atoms with Crippen molar-refractivity contribution in [3.63, 3.8) is 0 Å². The van der Waals surface area contributed by atoms with E-state index in [9.17, 15) is 20.1 Å². The van der Waals surface area contributed by atoms with E-state index < -0.39 is 18.3 Å². The minimum absolute atomic E-state index is 0.0611. The van der Waals surface area contributed by atoms with Crippen molar-refractivity contribution in [2.45, 2.75) is 77.1 Å². The average molecular weight is 515 g/mol. The molecule has 0 aliphatic heterocycles. The lowest BCUT2D eigenvalue weighted by Gasteiger charge is -2.19. The lowest BCUT2D eigenvalue weighted by molar-refractivity contribution is -0.121. The van der Waals surface area contributed by atoms with Gasteiger partial charge in [0, 0.05) is 39.5 Å². The number of unbranched alkanes of at least 4 members (excludes halogenated alkanes) is 1. The number of nitrogens with one attached hydrogen (secondary N) is 1. The molecule has 1 aliphatic rings. The predicted octanol–water partition coefficient (Wildman–Crippen LogP) is 4.28. The molecular weight excluding hydrogens is 478 g/mol. The first-order valence-electron chi connectivity index (χ1n) is 11.2. The van der Waals surface area contributed by atoms with Crippen LogP contribution in [0.2, 0.25) is 0 Å². The number of carbonyl (C=O) groups excluding carboxylic acids is 1. The summed E-state index contributed by atoms with van der Waals surface area (Å²) in [6, 6.07) is 2.10. The fourth-order valence-corrected chi connectivity index (χ4v) is 5.64. The van der Waals surface area contributed by atoms with Gasteiger partial charge < -0.3 is 20.6 Å². The predicted molar refractivity (Wildman–Crippen MR) is 130 cm³/mol. The molecule has 1 heterocycles. The molecule has 4 N–H and O–H groups in total. The minimum atomic E-state index is -0.592. The van der Waals surface area contributed by atoms with Crippen LogP contribution < -0.4 is 5.32 Å². The van der Waals surface area contributed by atoms with Crippen LogP contribution in [0.5, 0.6) is 0 Å². The van der Waals surface area contributed by atoms with Crippen LogP contribution >= 0.6 is 27.3 Å². The van der Waals surface area contributed by atoms with E-state index in [0.717, 1.165) is 23.7 Å². The van der Waals surface area contributed by atoms with Crippen LogP contribution in [0.25, 0.3) is 0 Å². The van der Waals surface area contributed by atoms with Crippen LogP contribution in [-0.2, 0) is 11.2 Å². The van der Waals surface area contributed by atoms with Gasteiger partial charge in [0.1, 0.15) is 0 Å². The van der Waals surface area contributed by atoms with Gasteiger partial charge in [0.2, 0.25) is 5.91 Å². The molecule has 0 spiro atoms. The van der Waals surface area contributed by atoms with Gasteiger partial charge in [0.05, 0.1) is 18.3 Å². The SMILES string of the molecule is CCNC(=O)CCCC=CC[C@H]1C(O)CC(O)[C@@H]1C=CC(O)CCc1cc(Br)c(C)s1. The maximum absolute atomic E-state index is 11.5. The molecule has 0 bridgehead atoms. The van der Waals surface area contributed by atoms with Crippen molar-refractivity contribution in [1.29, 1.82) is 0 Å². The van der Waals surface area contributed by atoms with E-state index in [1.807, 2.05) is 25.2 Å². The fraction of sp³-hybridized carbons (Fsp3) is 0.625. The Morgan fingerprint density at radius 1 is 1.35 bits per heavy atom. The molecule has 0 aromatic carbocycles. The molecule has 1 aromatic heterocycles. The largest absolute Gasteiger partial charge is 0.393 e. The summed E-state index contributed by atoms with van der Waals surface area (Å²) >= 11 is 5.26. The van der Waals surface area contributed by atoms with Crippen molar-refractivity contribution in [2.24, 2.45) is 11.8 Å². The van der Waals surface area contributed by atoms with E-state index in [2.05, 4.69) is 34.2 Å². The zero-order valence-electron chi connectivity index (χ0n) is 18.5. The zero-order chi connectivity index (χ0) is 22.8. The zero-order valence-corrected chi connectivity index (χ0v) is 20.9. The first kappa shape index (κ1) is 26.3. The molecule has 3 unspecified atom stereocenters. The van der Waals surface area contributed by atoms with Crippen LogP contribution in [0.3, 0.4) is 0 Å². The summed E-state index contributed by atoms with van der Waals surface area (Å²) in [5.74, 6) is -0.146. The molecule has 1 aromatic rings. The van der Waals surface area contributed by atoms with Gasteiger partial charge in [-0.3, -0.25) is 4.79 Å². The smallest absolute Gasteiger partial charge is 0.219 e. The lowest BCUT2D eigenvalue weighted by atomic mass is 9.89. The van der Waals surface area contributed by atoms with Crippen molar-refractivity contribution in [1.82, 2.24) is 5.32 Å². The Bertz CT molecular complexity index is 728. The Hall–Kier alpha value is -0.990. The van der Waals surface area contributed by atoms with Gasteiger partial charge in [0.25, 0.3) is 0 Å². The first-order valence-corrected chi connectivity index (χ1v) is 12.8. The fourth-order valence-electron chi connectivity index (χ4n) is 4.03. The van der Waals surface area contributed by atoms with Crippen molar-refractivity contribution in [2.75, 3.05) is 6.54 Å². The number of carbonyl (C=O) groups is 1. The van der Waals surface area contributed by atoms with Crippen LogP contribution in [0, 0.1) is 18.8 Å². The Kier molecular flexibility index (Phi) is 11.5. The average Bonchev–Trinajstić information content (AvgIpc) is 3.18. The van der Waals surface area contributed by atoms with Crippen LogP contribution in [0.4, 0.5) is 0 Å². The third kappa shape index (κ3) is 8.81. The standard InChI is InChI=1S/C24H36BrNO4S/c1-3-26-24(30)9-7-5-4-6-8-19-20(23(29)15-22(19)28)13-11-17(27)10-12-18-14-21(25)16(2)31-18/h4,6,11,13-14,17,19-20,22-23,27-29H,3,5,7-10,12,15H2,1-2H3,(H,26,30)/t17?,19-,20-,22?,23?/m1/s1. The van der Waals surface area contributed by atoms with Crippen LogP contribution in [0.15, 0.2) is 34.8 Å². The van der Waals surface area contributed by atoms with E-state index >= 15 is 0 Å². The van der Waals surface area contributed by atoms with Crippen molar-refractivity contribution in [3.05, 3.63) is 44.6 Å². The van der Waals surface area contributed by atoms with Gasteiger partial charge in [-0.25, -0.2) is 0 Å². The van der Waals surface area contributed by atoms with Gasteiger partial charge in [-0.1, -0.05) is 24.3 Å². The number of hydrogen-bond acceptors (Lipinski definition) is 5. The summed E-state index contributed by atoms with van der Waals surface area (Å²) in [4.78, 5) is 13.9. The Morgan fingerprint density at radius 3 is 2.81 bits per heavy atom. The van der Waals surface area contributed by atoms with Gasteiger partial charge >= 0.3 is 0 Å². The molecule has 2 rings (SSSR count). The highest BCUT2D eigenvalue weighted by Crippen LogP contribution is 2.36. The number of aliphatic hydroxyl groups excluding tert-OH is 3. The molecule has 7 heteroatoms. The first-order chi connectivity index (χ1) is 14.8. The minimum Gasteiger partial charge on any atom is -0.393 e. The molecule has 1 amide bonds. The number of allylic oxidation sites excluding steroid dienone is 2. The summed E-state index contributed by atoms with van der Waals surface area (Å²) in [6.07, 6.45) is 10.6. The Labute approximate surface area is 198 Å². The normalized spacial score (nSPS) is 25.0. The number of thiophene rings is 1. The summed E-state index contributed by atoms with van der Waals surface area (Å²) in [6.45, 7) is 4.64.